The van der Waals surface area contributed by atoms with Crippen LogP contribution >= 0.6 is 11.8 Å². The van der Waals surface area contributed by atoms with E-state index in [2.05, 4.69) is 25.6 Å². The molecule has 0 aromatic carbocycles. The second-order valence-corrected chi connectivity index (χ2v) is 6.17. The minimum atomic E-state index is 0.950. The van der Waals surface area contributed by atoms with Crippen molar-refractivity contribution in [1.82, 2.24) is 0 Å². The van der Waals surface area contributed by atoms with Crippen molar-refractivity contribution >= 4 is 11.8 Å². The summed E-state index contributed by atoms with van der Waals surface area (Å²) in [6, 6.07) is 0. The minimum Gasteiger partial charge on any atom is -0.159 e. The molecule has 14 heavy (non-hydrogen) atoms. The zero-order valence-corrected chi connectivity index (χ0v) is 10.7. The fraction of sp³-hybridized carbons (Fsp3) is 1.00. The van der Waals surface area contributed by atoms with Gasteiger partial charge in [0.15, 0.2) is 0 Å². The van der Waals surface area contributed by atoms with Gasteiger partial charge in [-0.05, 0) is 24.5 Å². The highest BCUT2D eigenvalue weighted by Crippen LogP contribution is 2.35. The van der Waals surface area contributed by atoms with Crippen LogP contribution < -0.4 is 0 Å². The van der Waals surface area contributed by atoms with Crippen LogP contribution in [0.25, 0.3) is 0 Å². The molecular weight excluding hydrogens is 188 g/mol. The van der Waals surface area contributed by atoms with Crippen LogP contribution in [-0.2, 0) is 0 Å². The summed E-state index contributed by atoms with van der Waals surface area (Å²) in [5.74, 6) is 2.47. The second-order valence-electron chi connectivity index (χ2n) is 4.68. The average Bonchev–Trinajstić information content (AvgIpc) is 2.58. The van der Waals surface area contributed by atoms with E-state index in [1.54, 1.807) is 0 Å². The number of hydrogen-bond acceptors (Lipinski definition) is 1. The summed E-state index contributed by atoms with van der Waals surface area (Å²) in [6.07, 6.45) is 11.7. The van der Waals surface area contributed by atoms with Crippen molar-refractivity contribution in [2.24, 2.45) is 5.92 Å². The number of unbranched alkanes of at least 4 members (excludes halogenated alkanes) is 5. The van der Waals surface area contributed by atoms with Crippen LogP contribution in [0.4, 0.5) is 0 Å². The quantitative estimate of drug-likeness (QED) is 0.544. The second kappa shape index (κ2) is 7.62. The van der Waals surface area contributed by atoms with E-state index in [9.17, 15) is 0 Å². The van der Waals surface area contributed by atoms with Crippen LogP contribution in [0.1, 0.15) is 65.2 Å². The first kappa shape index (κ1) is 12.4. The minimum absolute atomic E-state index is 0.950. The molecule has 1 heterocycles. The van der Waals surface area contributed by atoms with E-state index in [4.69, 9.17) is 0 Å². The Kier molecular flexibility index (Phi) is 6.76. The Morgan fingerprint density at radius 2 is 1.79 bits per heavy atom. The standard InChI is InChI=1S/C13H26S/c1-3-4-5-6-7-8-9-13-10-11-14-12(13)2/h12-13H,3-11H2,1-2H3. The molecule has 0 spiro atoms. The zero-order chi connectivity index (χ0) is 10.2. The van der Waals surface area contributed by atoms with E-state index < -0.39 is 0 Å². The Morgan fingerprint density at radius 1 is 1.07 bits per heavy atom. The molecule has 0 bridgehead atoms. The van der Waals surface area contributed by atoms with E-state index in [1.807, 2.05) is 0 Å². The maximum atomic E-state index is 2.42. The molecule has 0 nitrogen and oxygen atoms in total. The van der Waals surface area contributed by atoms with Crippen LogP contribution in [0.3, 0.4) is 0 Å². The molecule has 1 aliphatic heterocycles. The number of thioether (sulfide) groups is 1. The highest BCUT2D eigenvalue weighted by Gasteiger charge is 2.22. The number of rotatable bonds is 7. The van der Waals surface area contributed by atoms with Crippen molar-refractivity contribution in [3.8, 4) is 0 Å². The zero-order valence-electron chi connectivity index (χ0n) is 9.93. The molecule has 1 heteroatoms. The first-order valence-corrected chi connectivity index (χ1v) is 7.51. The third kappa shape index (κ3) is 4.72. The molecule has 1 saturated heterocycles. The molecule has 0 aromatic rings. The first-order chi connectivity index (χ1) is 6.84. The summed E-state index contributed by atoms with van der Waals surface area (Å²) >= 11 is 2.18. The van der Waals surface area contributed by atoms with Gasteiger partial charge in [0, 0.05) is 5.25 Å². The average molecular weight is 214 g/mol. The van der Waals surface area contributed by atoms with Gasteiger partial charge in [0.2, 0.25) is 0 Å². The smallest absolute Gasteiger partial charge is 0.00472 e. The van der Waals surface area contributed by atoms with Gasteiger partial charge in [-0.15, -0.1) is 0 Å². The highest BCUT2D eigenvalue weighted by molar-refractivity contribution is 8.00. The van der Waals surface area contributed by atoms with Crippen LogP contribution in [0.15, 0.2) is 0 Å². The lowest BCUT2D eigenvalue weighted by Crippen LogP contribution is -2.06. The van der Waals surface area contributed by atoms with Gasteiger partial charge in [-0.2, -0.15) is 11.8 Å². The largest absolute Gasteiger partial charge is 0.159 e. The van der Waals surface area contributed by atoms with Crippen molar-refractivity contribution in [3.05, 3.63) is 0 Å². The maximum absolute atomic E-state index is 2.42. The maximum Gasteiger partial charge on any atom is 0.00472 e. The van der Waals surface area contributed by atoms with Crippen molar-refractivity contribution in [2.45, 2.75) is 70.5 Å². The Balaban J connectivity index is 1.88. The highest BCUT2D eigenvalue weighted by atomic mass is 32.2. The summed E-state index contributed by atoms with van der Waals surface area (Å²) in [7, 11) is 0. The van der Waals surface area contributed by atoms with Crippen LogP contribution in [-0.4, -0.2) is 11.0 Å². The van der Waals surface area contributed by atoms with Gasteiger partial charge in [0.05, 0.1) is 0 Å². The fourth-order valence-electron chi connectivity index (χ4n) is 2.34. The summed E-state index contributed by atoms with van der Waals surface area (Å²) in [5, 5.41) is 0.950. The normalized spacial score (nSPS) is 27.0. The van der Waals surface area contributed by atoms with Gasteiger partial charge in [0.1, 0.15) is 0 Å². The van der Waals surface area contributed by atoms with Gasteiger partial charge in [0.25, 0.3) is 0 Å². The van der Waals surface area contributed by atoms with E-state index >= 15 is 0 Å². The van der Waals surface area contributed by atoms with E-state index in [-0.39, 0.29) is 0 Å². The molecule has 0 saturated carbocycles. The van der Waals surface area contributed by atoms with E-state index in [1.165, 1.54) is 57.1 Å². The van der Waals surface area contributed by atoms with Gasteiger partial charge in [-0.25, -0.2) is 0 Å². The van der Waals surface area contributed by atoms with Crippen molar-refractivity contribution in [1.29, 1.82) is 0 Å². The van der Waals surface area contributed by atoms with Gasteiger partial charge < -0.3 is 0 Å². The van der Waals surface area contributed by atoms with Crippen LogP contribution in [0.2, 0.25) is 0 Å². The lowest BCUT2D eigenvalue weighted by Gasteiger charge is -2.13. The fourth-order valence-corrected chi connectivity index (χ4v) is 3.70. The van der Waals surface area contributed by atoms with Crippen molar-refractivity contribution < 1.29 is 0 Å². The summed E-state index contributed by atoms with van der Waals surface area (Å²) in [6.45, 7) is 4.71. The molecule has 0 radical (unpaired) electrons. The Hall–Kier alpha value is 0.350. The Bertz CT molecular complexity index is 133. The SMILES string of the molecule is CCCCCCCCC1CCSC1C. The molecule has 0 aromatic heterocycles. The monoisotopic (exact) mass is 214 g/mol. The molecule has 1 aliphatic rings. The Morgan fingerprint density at radius 3 is 2.43 bits per heavy atom. The third-order valence-electron chi connectivity index (χ3n) is 3.46. The van der Waals surface area contributed by atoms with Crippen molar-refractivity contribution in [2.75, 3.05) is 5.75 Å². The summed E-state index contributed by atoms with van der Waals surface area (Å²) < 4.78 is 0. The molecule has 0 aliphatic carbocycles. The molecule has 0 N–H and O–H groups in total. The van der Waals surface area contributed by atoms with E-state index in [0.29, 0.717) is 0 Å². The predicted molar refractivity (Wildman–Crippen MR) is 68.0 cm³/mol. The van der Waals surface area contributed by atoms with Gasteiger partial charge in [-0.3, -0.25) is 0 Å². The van der Waals surface area contributed by atoms with Crippen LogP contribution in [0, 0.1) is 5.92 Å². The van der Waals surface area contributed by atoms with Crippen LogP contribution in [0.5, 0.6) is 0 Å². The molecule has 2 atom stereocenters. The lowest BCUT2D eigenvalue weighted by molar-refractivity contribution is 0.453. The lowest BCUT2D eigenvalue weighted by atomic mass is 9.95. The van der Waals surface area contributed by atoms with Gasteiger partial charge >= 0.3 is 0 Å². The molecule has 1 rings (SSSR count). The molecule has 1 fully saturated rings. The topological polar surface area (TPSA) is 0 Å². The van der Waals surface area contributed by atoms with Crippen molar-refractivity contribution in [3.63, 3.8) is 0 Å². The first-order valence-electron chi connectivity index (χ1n) is 6.46. The molecule has 84 valence electrons. The molecule has 2 unspecified atom stereocenters. The summed E-state index contributed by atoms with van der Waals surface area (Å²) in [4.78, 5) is 0. The molecule has 0 amide bonds. The number of hydrogen-bond donors (Lipinski definition) is 0. The summed E-state index contributed by atoms with van der Waals surface area (Å²) in [5.41, 5.74) is 0. The third-order valence-corrected chi connectivity index (χ3v) is 4.84. The van der Waals surface area contributed by atoms with Gasteiger partial charge in [-0.1, -0.05) is 52.4 Å². The Labute approximate surface area is 94.2 Å². The van der Waals surface area contributed by atoms with E-state index in [0.717, 1.165) is 11.2 Å². The predicted octanol–water partition coefficient (Wildman–Crippen LogP) is 4.88. The molecular formula is C13H26S.